The van der Waals surface area contributed by atoms with E-state index in [9.17, 15) is 4.79 Å². The molecule has 0 aliphatic rings. The molecule has 1 aromatic rings. The lowest BCUT2D eigenvalue weighted by Gasteiger charge is -2.03. The number of carbonyl (C=O) groups excluding carboxylic acids is 1. The Bertz CT molecular complexity index is 314. The molecule has 1 aromatic carbocycles. The summed E-state index contributed by atoms with van der Waals surface area (Å²) in [5.74, 6) is 0. The molecule has 0 aliphatic carbocycles. The predicted octanol–water partition coefficient (Wildman–Crippen LogP) is 3.58. The molecule has 0 radical (unpaired) electrons. The molecule has 1 rings (SSSR count). The van der Waals surface area contributed by atoms with Gasteiger partial charge in [0.2, 0.25) is 0 Å². The molecule has 74 valence electrons. The third-order valence-electron chi connectivity index (χ3n) is 1.82. The van der Waals surface area contributed by atoms with E-state index in [1.807, 2.05) is 0 Å². The molecule has 0 amide bonds. The lowest BCUT2D eigenvalue weighted by atomic mass is 10.2. The van der Waals surface area contributed by atoms with Gasteiger partial charge in [0.15, 0.2) is 0 Å². The van der Waals surface area contributed by atoms with Gasteiger partial charge in [0, 0.05) is 11.3 Å². The number of thioether (sulfide) groups is 1. The van der Waals surface area contributed by atoms with E-state index in [0.717, 1.165) is 17.6 Å². The third kappa shape index (κ3) is 3.79. The lowest BCUT2D eigenvalue weighted by molar-refractivity contribution is -0.107. The van der Waals surface area contributed by atoms with Crippen LogP contribution in [0.5, 0.6) is 0 Å². The zero-order valence-electron chi connectivity index (χ0n) is 8.32. The minimum absolute atomic E-state index is 0.567. The van der Waals surface area contributed by atoms with E-state index in [2.05, 4.69) is 37.8 Å². The van der Waals surface area contributed by atoms with E-state index in [1.54, 1.807) is 11.8 Å². The third-order valence-corrected chi connectivity index (χ3v) is 2.82. The van der Waals surface area contributed by atoms with Crippen LogP contribution in [0, 0.1) is 6.92 Å². The minimum Gasteiger partial charge on any atom is -0.303 e. The van der Waals surface area contributed by atoms with Crippen molar-refractivity contribution in [2.45, 2.75) is 24.7 Å². The Morgan fingerprint density at radius 2 is 2.07 bits per heavy atom. The molecule has 0 fully saturated rings. The fourth-order valence-corrected chi connectivity index (χ4v) is 1.87. The first-order valence-electron chi connectivity index (χ1n) is 4.58. The molecule has 0 saturated heterocycles. The van der Waals surface area contributed by atoms with Gasteiger partial charge < -0.3 is 4.79 Å². The van der Waals surface area contributed by atoms with Crippen LogP contribution in [0.2, 0.25) is 0 Å². The second-order valence-corrected chi connectivity index (χ2v) is 4.41. The Labute approximate surface area is 89.2 Å². The van der Waals surface area contributed by atoms with Gasteiger partial charge >= 0.3 is 0 Å². The van der Waals surface area contributed by atoms with Gasteiger partial charge in [-0.05, 0) is 30.4 Å². The van der Waals surface area contributed by atoms with Crippen LogP contribution in [-0.4, -0.2) is 6.29 Å². The Balaban J connectivity index is 2.47. The summed E-state index contributed by atoms with van der Waals surface area (Å²) in [6.45, 7) is 5.98. The van der Waals surface area contributed by atoms with E-state index in [4.69, 9.17) is 0 Å². The molecule has 0 heterocycles. The number of aryl methyl sites for hydroxylation is 1. The van der Waals surface area contributed by atoms with Crippen LogP contribution in [-0.2, 0) is 4.79 Å². The maximum atomic E-state index is 10.2. The first-order valence-corrected chi connectivity index (χ1v) is 5.40. The van der Waals surface area contributed by atoms with Crippen molar-refractivity contribution in [3.8, 4) is 0 Å². The van der Waals surface area contributed by atoms with Crippen molar-refractivity contribution in [2.24, 2.45) is 0 Å². The predicted molar refractivity (Wildman–Crippen MR) is 61.5 cm³/mol. The fraction of sp³-hybridized carbons (Fsp3) is 0.250. The standard InChI is InChI=1S/C12H14OS/c1-10-5-7-12(8-6-10)14-11(2)4-3-9-13/h5-9H,2-4H2,1H3. The van der Waals surface area contributed by atoms with Crippen LogP contribution < -0.4 is 0 Å². The molecule has 1 nitrogen and oxygen atoms in total. The highest BCUT2D eigenvalue weighted by Crippen LogP contribution is 2.27. The van der Waals surface area contributed by atoms with E-state index >= 15 is 0 Å². The monoisotopic (exact) mass is 206 g/mol. The van der Waals surface area contributed by atoms with E-state index in [-0.39, 0.29) is 0 Å². The Hall–Kier alpha value is -1.02. The average Bonchev–Trinajstić information content (AvgIpc) is 2.18. The van der Waals surface area contributed by atoms with Crippen molar-refractivity contribution in [1.29, 1.82) is 0 Å². The summed E-state index contributed by atoms with van der Waals surface area (Å²) in [5.41, 5.74) is 1.26. The summed E-state index contributed by atoms with van der Waals surface area (Å²) in [6, 6.07) is 8.31. The first kappa shape index (κ1) is 11.1. The Morgan fingerprint density at radius 1 is 1.43 bits per heavy atom. The number of benzene rings is 1. The highest BCUT2D eigenvalue weighted by molar-refractivity contribution is 8.03. The number of hydrogen-bond acceptors (Lipinski definition) is 2. The highest BCUT2D eigenvalue weighted by Gasteiger charge is 1.97. The number of aldehydes is 1. The summed E-state index contributed by atoms with van der Waals surface area (Å²) in [7, 11) is 0. The summed E-state index contributed by atoms with van der Waals surface area (Å²) < 4.78 is 0. The number of carbonyl (C=O) groups is 1. The van der Waals surface area contributed by atoms with Crippen LogP contribution in [0.15, 0.2) is 40.6 Å². The zero-order valence-corrected chi connectivity index (χ0v) is 9.14. The molecule has 14 heavy (non-hydrogen) atoms. The normalized spacial score (nSPS) is 9.79. The van der Waals surface area contributed by atoms with Crippen LogP contribution in [0.3, 0.4) is 0 Å². The summed E-state index contributed by atoms with van der Waals surface area (Å²) in [4.78, 5) is 12.4. The Kier molecular flexibility index (Phi) is 4.47. The molecule has 0 atom stereocenters. The highest BCUT2D eigenvalue weighted by atomic mass is 32.2. The van der Waals surface area contributed by atoms with E-state index in [0.29, 0.717) is 6.42 Å². The largest absolute Gasteiger partial charge is 0.303 e. The molecule has 0 spiro atoms. The number of hydrogen-bond donors (Lipinski definition) is 0. The molecule has 0 N–H and O–H groups in total. The van der Waals surface area contributed by atoms with Crippen molar-refractivity contribution in [2.75, 3.05) is 0 Å². The van der Waals surface area contributed by atoms with Crippen molar-refractivity contribution >= 4 is 18.0 Å². The van der Waals surface area contributed by atoms with Gasteiger partial charge in [-0.1, -0.05) is 36.0 Å². The quantitative estimate of drug-likeness (QED) is 0.541. The van der Waals surface area contributed by atoms with Crippen molar-refractivity contribution in [1.82, 2.24) is 0 Å². The summed E-state index contributed by atoms with van der Waals surface area (Å²) in [6.07, 6.45) is 2.26. The molecular weight excluding hydrogens is 192 g/mol. The summed E-state index contributed by atoms with van der Waals surface area (Å²) >= 11 is 1.64. The van der Waals surface area contributed by atoms with Crippen molar-refractivity contribution in [3.63, 3.8) is 0 Å². The molecular formula is C12H14OS. The van der Waals surface area contributed by atoms with Crippen LogP contribution in [0.4, 0.5) is 0 Å². The number of allylic oxidation sites excluding steroid dienone is 1. The van der Waals surface area contributed by atoms with Gasteiger partial charge in [-0.25, -0.2) is 0 Å². The van der Waals surface area contributed by atoms with E-state index in [1.165, 1.54) is 10.5 Å². The zero-order chi connectivity index (χ0) is 10.4. The second kappa shape index (κ2) is 5.66. The van der Waals surface area contributed by atoms with Crippen LogP contribution in [0.1, 0.15) is 18.4 Å². The van der Waals surface area contributed by atoms with Gasteiger partial charge in [0.05, 0.1) is 0 Å². The SMILES string of the molecule is C=C(CCC=O)Sc1ccc(C)cc1. The van der Waals surface area contributed by atoms with Gasteiger partial charge in [-0.15, -0.1) is 0 Å². The van der Waals surface area contributed by atoms with Crippen molar-refractivity contribution < 1.29 is 4.79 Å². The van der Waals surface area contributed by atoms with Gasteiger partial charge in [0.25, 0.3) is 0 Å². The smallest absolute Gasteiger partial charge is 0.120 e. The molecule has 2 heteroatoms. The summed E-state index contributed by atoms with van der Waals surface area (Å²) in [5, 5.41) is 0. The minimum atomic E-state index is 0.567. The average molecular weight is 206 g/mol. The first-order chi connectivity index (χ1) is 6.72. The second-order valence-electron chi connectivity index (χ2n) is 3.16. The number of rotatable bonds is 5. The van der Waals surface area contributed by atoms with Crippen LogP contribution >= 0.6 is 11.8 Å². The maximum Gasteiger partial charge on any atom is 0.120 e. The van der Waals surface area contributed by atoms with Crippen LogP contribution in [0.25, 0.3) is 0 Å². The fourth-order valence-electron chi connectivity index (χ4n) is 1.04. The van der Waals surface area contributed by atoms with Gasteiger partial charge in [0.1, 0.15) is 6.29 Å². The van der Waals surface area contributed by atoms with Gasteiger partial charge in [-0.3, -0.25) is 0 Å². The molecule has 0 aliphatic heterocycles. The molecule has 0 saturated carbocycles. The molecule has 0 aromatic heterocycles. The molecule has 0 bridgehead atoms. The maximum absolute atomic E-state index is 10.2. The Morgan fingerprint density at radius 3 is 2.64 bits per heavy atom. The molecule has 0 unspecified atom stereocenters. The van der Waals surface area contributed by atoms with Gasteiger partial charge in [-0.2, -0.15) is 0 Å². The van der Waals surface area contributed by atoms with E-state index < -0.39 is 0 Å². The van der Waals surface area contributed by atoms with Crippen molar-refractivity contribution in [3.05, 3.63) is 41.3 Å². The lowest BCUT2D eigenvalue weighted by Crippen LogP contribution is -1.79. The topological polar surface area (TPSA) is 17.1 Å².